The fraction of sp³-hybridized carbons (Fsp3) is 0.375. The molecule has 0 radical (unpaired) electrons. The second kappa shape index (κ2) is 6.89. The van der Waals surface area contributed by atoms with Crippen molar-refractivity contribution in [3.63, 3.8) is 0 Å². The first-order valence-electron chi connectivity index (χ1n) is 7.49. The van der Waals surface area contributed by atoms with Crippen LogP contribution in [0.1, 0.15) is 21.9 Å². The van der Waals surface area contributed by atoms with Crippen LogP contribution in [0.3, 0.4) is 0 Å². The highest BCUT2D eigenvalue weighted by atomic mass is 32.1. The van der Waals surface area contributed by atoms with Crippen LogP contribution in [0.4, 0.5) is 5.69 Å². The van der Waals surface area contributed by atoms with Crippen molar-refractivity contribution in [1.29, 1.82) is 0 Å². The zero-order valence-corrected chi connectivity index (χ0v) is 13.2. The number of amides is 1. The summed E-state index contributed by atoms with van der Waals surface area (Å²) in [4.78, 5) is 18.6. The maximum absolute atomic E-state index is 12.1. The lowest BCUT2D eigenvalue weighted by Crippen LogP contribution is -2.31. The third-order valence-electron chi connectivity index (χ3n) is 3.92. The molecule has 0 aliphatic carbocycles. The molecular formula is C16H20N4OS. The molecule has 1 aromatic heterocycles. The molecule has 1 aromatic carbocycles. The average Bonchev–Trinajstić information content (AvgIpc) is 3.22. The summed E-state index contributed by atoms with van der Waals surface area (Å²) in [5.74, 6) is 0.380. The molecule has 116 valence electrons. The summed E-state index contributed by atoms with van der Waals surface area (Å²) in [6.07, 6.45) is 1.10. The largest absolute Gasteiger partial charge is 0.371 e. The monoisotopic (exact) mass is 316 g/mol. The second-order valence-corrected chi connectivity index (χ2v) is 6.42. The van der Waals surface area contributed by atoms with E-state index in [-0.39, 0.29) is 5.91 Å². The lowest BCUT2D eigenvalue weighted by atomic mass is 10.1. The van der Waals surface area contributed by atoms with Crippen molar-refractivity contribution < 1.29 is 4.79 Å². The summed E-state index contributed by atoms with van der Waals surface area (Å²) < 4.78 is 0. The van der Waals surface area contributed by atoms with Crippen LogP contribution in [-0.2, 0) is 6.54 Å². The maximum atomic E-state index is 12.1. The van der Waals surface area contributed by atoms with Crippen LogP contribution in [0, 0.1) is 5.92 Å². The van der Waals surface area contributed by atoms with Crippen LogP contribution in [0.15, 0.2) is 35.7 Å². The van der Waals surface area contributed by atoms with E-state index in [1.165, 1.54) is 17.0 Å². The standard InChI is InChI=1S/C16H20N4OS/c17-8-15-19-14(11-22-15)16(21)18-9-12-6-7-20(10-12)13-4-2-1-3-5-13/h1-5,11-12H,6-10,17H2,(H,18,21). The van der Waals surface area contributed by atoms with Crippen molar-refractivity contribution in [3.8, 4) is 0 Å². The fourth-order valence-electron chi connectivity index (χ4n) is 2.71. The van der Waals surface area contributed by atoms with Gasteiger partial charge in [-0.3, -0.25) is 4.79 Å². The van der Waals surface area contributed by atoms with Gasteiger partial charge in [0.1, 0.15) is 10.7 Å². The summed E-state index contributed by atoms with van der Waals surface area (Å²) in [6.45, 7) is 3.10. The summed E-state index contributed by atoms with van der Waals surface area (Å²) in [5, 5.41) is 5.55. The first-order valence-corrected chi connectivity index (χ1v) is 8.37. The maximum Gasteiger partial charge on any atom is 0.270 e. The minimum absolute atomic E-state index is 0.103. The van der Waals surface area contributed by atoms with Crippen molar-refractivity contribution >= 4 is 22.9 Å². The molecule has 3 N–H and O–H groups in total. The van der Waals surface area contributed by atoms with Crippen molar-refractivity contribution in [1.82, 2.24) is 10.3 Å². The van der Waals surface area contributed by atoms with Gasteiger partial charge in [0.15, 0.2) is 0 Å². The molecule has 1 fully saturated rings. The van der Waals surface area contributed by atoms with Crippen LogP contribution in [0.5, 0.6) is 0 Å². The number of para-hydroxylation sites is 1. The van der Waals surface area contributed by atoms with Crippen molar-refractivity contribution in [2.75, 3.05) is 24.5 Å². The van der Waals surface area contributed by atoms with Gasteiger partial charge < -0.3 is 16.0 Å². The van der Waals surface area contributed by atoms with Gasteiger partial charge in [0, 0.05) is 37.2 Å². The molecule has 22 heavy (non-hydrogen) atoms. The van der Waals surface area contributed by atoms with Crippen LogP contribution in [0.2, 0.25) is 0 Å². The summed E-state index contributed by atoms with van der Waals surface area (Å²) in [7, 11) is 0. The first-order chi connectivity index (χ1) is 10.8. The van der Waals surface area contributed by atoms with Crippen LogP contribution < -0.4 is 16.0 Å². The lowest BCUT2D eigenvalue weighted by Gasteiger charge is -2.18. The van der Waals surface area contributed by atoms with Crippen molar-refractivity contribution in [2.24, 2.45) is 11.7 Å². The number of aromatic nitrogens is 1. The zero-order valence-electron chi connectivity index (χ0n) is 12.4. The highest BCUT2D eigenvalue weighted by Gasteiger charge is 2.23. The minimum Gasteiger partial charge on any atom is -0.371 e. The van der Waals surface area contributed by atoms with Gasteiger partial charge in [-0.2, -0.15) is 0 Å². The third kappa shape index (κ3) is 3.45. The summed E-state index contributed by atoms with van der Waals surface area (Å²) >= 11 is 1.43. The quantitative estimate of drug-likeness (QED) is 0.883. The van der Waals surface area contributed by atoms with E-state index in [4.69, 9.17) is 5.73 Å². The number of nitrogens with one attached hydrogen (secondary N) is 1. The molecule has 1 saturated heterocycles. The molecule has 2 heterocycles. The Hall–Kier alpha value is -1.92. The molecule has 0 bridgehead atoms. The number of carbonyl (C=O) groups excluding carboxylic acids is 1. The Bertz CT molecular complexity index is 628. The van der Waals surface area contributed by atoms with Crippen LogP contribution in [0.25, 0.3) is 0 Å². The third-order valence-corrected chi connectivity index (χ3v) is 4.79. The van der Waals surface area contributed by atoms with Gasteiger partial charge in [-0.15, -0.1) is 11.3 Å². The Kier molecular flexibility index (Phi) is 4.70. The molecule has 1 atom stereocenters. The van der Waals surface area contributed by atoms with E-state index >= 15 is 0 Å². The van der Waals surface area contributed by atoms with E-state index < -0.39 is 0 Å². The molecule has 5 nitrogen and oxygen atoms in total. The van der Waals surface area contributed by atoms with Gasteiger partial charge in [-0.05, 0) is 24.5 Å². The lowest BCUT2D eigenvalue weighted by molar-refractivity contribution is 0.0944. The van der Waals surface area contributed by atoms with E-state index in [0.717, 1.165) is 24.5 Å². The molecule has 0 spiro atoms. The molecule has 1 amide bonds. The summed E-state index contributed by atoms with van der Waals surface area (Å²) in [5.41, 5.74) is 7.25. The molecule has 0 saturated carbocycles. The van der Waals surface area contributed by atoms with Crippen molar-refractivity contribution in [3.05, 3.63) is 46.4 Å². The average molecular weight is 316 g/mol. The number of rotatable bonds is 5. The zero-order chi connectivity index (χ0) is 15.4. The van der Waals surface area contributed by atoms with Gasteiger partial charge in [-0.1, -0.05) is 18.2 Å². The number of nitrogens with zero attached hydrogens (tertiary/aromatic N) is 2. The highest BCUT2D eigenvalue weighted by molar-refractivity contribution is 7.09. The van der Waals surface area contributed by atoms with E-state index in [1.54, 1.807) is 5.38 Å². The Labute approximate surface area is 134 Å². The van der Waals surface area contributed by atoms with Gasteiger partial charge in [0.25, 0.3) is 5.91 Å². The molecule has 2 aromatic rings. The second-order valence-electron chi connectivity index (χ2n) is 5.48. The van der Waals surface area contributed by atoms with Gasteiger partial charge in [0.05, 0.1) is 0 Å². The number of thiazole rings is 1. The predicted molar refractivity (Wildman–Crippen MR) is 89.1 cm³/mol. The first kappa shape index (κ1) is 15.0. The number of hydrogen-bond acceptors (Lipinski definition) is 5. The molecule has 3 rings (SSSR count). The van der Waals surface area contributed by atoms with Crippen LogP contribution >= 0.6 is 11.3 Å². The predicted octanol–water partition coefficient (Wildman–Crippen LogP) is 1.86. The SMILES string of the molecule is NCc1nc(C(=O)NCC2CCN(c3ccccc3)C2)cs1. The highest BCUT2D eigenvalue weighted by Crippen LogP contribution is 2.23. The van der Waals surface area contributed by atoms with E-state index in [9.17, 15) is 4.79 Å². The van der Waals surface area contributed by atoms with Gasteiger partial charge in [0.2, 0.25) is 0 Å². The number of nitrogens with two attached hydrogens (primary N) is 1. The Morgan fingerprint density at radius 1 is 1.41 bits per heavy atom. The Balaban J connectivity index is 1.49. The number of anilines is 1. The van der Waals surface area contributed by atoms with Crippen molar-refractivity contribution in [2.45, 2.75) is 13.0 Å². The number of carbonyl (C=O) groups is 1. The molecule has 1 aliphatic rings. The van der Waals surface area contributed by atoms with E-state index in [0.29, 0.717) is 24.7 Å². The number of benzene rings is 1. The minimum atomic E-state index is -0.103. The van der Waals surface area contributed by atoms with Crippen LogP contribution in [-0.4, -0.2) is 30.5 Å². The molecular weight excluding hydrogens is 296 g/mol. The smallest absolute Gasteiger partial charge is 0.270 e. The summed E-state index contributed by atoms with van der Waals surface area (Å²) in [6, 6.07) is 10.4. The Morgan fingerprint density at radius 2 is 2.23 bits per heavy atom. The molecule has 1 aliphatic heterocycles. The Morgan fingerprint density at radius 3 is 2.95 bits per heavy atom. The normalized spacial score (nSPS) is 17.7. The van der Waals surface area contributed by atoms with Gasteiger partial charge >= 0.3 is 0 Å². The number of hydrogen-bond donors (Lipinski definition) is 2. The topological polar surface area (TPSA) is 71.2 Å². The van der Waals surface area contributed by atoms with E-state index in [1.807, 2.05) is 6.07 Å². The van der Waals surface area contributed by atoms with E-state index in [2.05, 4.69) is 39.5 Å². The fourth-order valence-corrected chi connectivity index (χ4v) is 3.36. The molecule has 1 unspecified atom stereocenters. The molecule has 6 heteroatoms. The van der Waals surface area contributed by atoms with Gasteiger partial charge in [-0.25, -0.2) is 4.98 Å².